The molecule has 0 N–H and O–H groups in total. The molecule has 0 spiro atoms. The number of hydrogen-bond acceptors (Lipinski definition) is 5. The number of ketones is 1. The molecule has 0 unspecified atom stereocenters. The first-order chi connectivity index (χ1) is 13.1. The van der Waals surface area contributed by atoms with Crippen LogP contribution in [0.2, 0.25) is 0 Å². The Balaban J connectivity index is 2.12. The highest BCUT2D eigenvalue weighted by atomic mass is 16.5. The molecule has 144 valence electrons. The summed E-state index contributed by atoms with van der Waals surface area (Å²) in [4.78, 5) is 12.5. The Labute approximate surface area is 160 Å². The van der Waals surface area contributed by atoms with Crippen molar-refractivity contribution in [1.82, 2.24) is 0 Å². The zero-order valence-electron chi connectivity index (χ0n) is 16.3. The predicted octanol–water partition coefficient (Wildman–Crippen LogP) is 4.79. The van der Waals surface area contributed by atoms with Gasteiger partial charge in [0.25, 0.3) is 0 Å². The molecule has 0 aliphatic carbocycles. The summed E-state index contributed by atoms with van der Waals surface area (Å²) in [5, 5.41) is 0. The molecule has 5 heteroatoms. The smallest absolute Gasteiger partial charge is 0.203 e. The van der Waals surface area contributed by atoms with Crippen LogP contribution in [0.5, 0.6) is 23.0 Å². The molecule has 0 saturated heterocycles. The molecule has 0 bridgehead atoms. The first-order valence-corrected chi connectivity index (χ1v) is 8.88. The maximum Gasteiger partial charge on any atom is 0.203 e. The standard InChI is InChI=1S/C22H26O5/c1-5-6-13-27-18-10-7-16(8-11-18)9-12-19(23)17-14-20(24-2)22(26-4)21(15-17)25-3/h7-12,14-15H,5-6,13H2,1-4H3/b12-9+. The fourth-order valence-electron chi connectivity index (χ4n) is 2.50. The van der Waals surface area contributed by atoms with Gasteiger partial charge in [0.1, 0.15) is 5.75 Å². The number of unbranched alkanes of at least 4 members (excludes halogenated alkanes) is 1. The highest BCUT2D eigenvalue weighted by molar-refractivity contribution is 6.07. The number of rotatable bonds is 10. The molecule has 0 heterocycles. The summed E-state index contributed by atoms with van der Waals surface area (Å²) in [6, 6.07) is 10.9. The minimum atomic E-state index is -0.155. The fourth-order valence-corrected chi connectivity index (χ4v) is 2.50. The Bertz CT molecular complexity index is 753. The van der Waals surface area contributed by atoms with Crippen molar-refractivity contribution >= 4 is 11.9 Å². The van der Waals surface area contributed by atoms with E-state index in [-0.39, 0.29) is 5.78 Å². The fraction of sp³-hybridized carbons (Fsp3) is 0.318. The minimum absolute atomic E-state index is 0.155. The molecule has 0 fully saturated rings. The highest BCUT2D eigenvalue weighted by Crippen LogP contribution is 2.38. The molecule has 0 radical (unpaired) electrons. The summed E-state index contributed by atoms with van der Waals surface area (Å²) in [6.07, 6.45) is 5.42. The molecule has 27 heavy (non-hydrogen) atoms. The number of allylic oxidation sites excluding steroid dienone is 1. The van der Waals surface area contributed by atoms with Gasteiger partial charge in [0.05, 0.1) is 27.9 Å². The molecule has 2 aromatic rings. The van der Waals surface area contributed by atoms with E-state index in [0.29, 0.717) is 29.4 Å². The summed E-state index contributed by atoms with van der Waals surface area (Å²) >= 11 is 0. The summed E-state index contributed by atoms with van der Waals surface area (Å²) in [6.45, 7) is 2.84. The zero-order valence-corrected chi connectivity index (χ0v) is 16.3. The lowest BCUT2D eigenvalue weighted by atomic mass is 10.1. The van der Waals surface area contributed by atoms with Crippen LogP contribution in [-0.4, -0.2) is 33.7 Å². The van der Waals surface area contributed by atoms with Crippen LogP contribution in [0.25, 0.3) is 6.08 Å². The highest BCUT2D eigenvalue weighted by Gasteiger charge is 2.15. The first-order valence-electron chi connectivity index (χ1n) is 8.88. The van der Waals surface area contributed by atoms with E-state index >= 15 is 0 Å². The maximum absolute atomic E-state index is 12.5. The lowest BCUT2D eigenvalue weighted by Crippen LogP contribution is -2.00. The Morgan fingerprint density at radius 1 is 0.963 bits per heavy atom. The summed E-state index contributed by atoms with van der Waals surface area (Å²) in [5.41, 5.74) is 1.37. The molecule has 0 saturated carbocycles. The van der Waals surface area contributed by atoms with Crippen LogP contribution in [-0.2, 0) is 0 Å². The van der Waals surface area contributed by atoms with Gasteiger partial charge in [0.2, 0.25) is 5.75 Å². The van der Waals surface area contributed by atoms with E-state index in [9.17, 15) is 4.79 Å². The normalized spacial score (nSPS) is 10.7. The second kappa shape index (κ2) is 10.3. The van der Waals surface area contributed by atoms with E-state index in [0.717, 1.165) is 24.2 Å². The quantitative estimate of drug-likeness (QED) is 0.342. The summed E-state index contributed by atoms with van der Waals surface area (Å²) in [7, 11) is 4.56. The largest absolute Gasteiger partial charge is 0.494 e. The van der Waals surface area contributed by atoms with Crippen molar-refractivity contribution in [2.75, 3.05) is 27.9 Å². The second-order valence-electron chi connectivity index (χ2n) is 5.88. The summed E-state index contributed by atoms with van der Waals surface area (Å²) < 4.78 is 21.5. The third-order valence-electron chi connectivity index (χ3n) is 4.02. The van der Waals surface area contributed by atoms with Gasteiger partial charge in [-0.15, -0.1) is 0 Å². The van der Waals surface area contributed by atoms with Crippen molar-refractivity contribution in [2.24, 2.45) is 0 Å². The van der Waals surface area contributed by atoms with Crippen molar-refractivity contribution in [3.8, 4) is 23.0 Å². The number of carbonyl (C=O) groups excluding carboxylic acids is 1. The Hall–Kier alpha value is -2.95. The van der Waals surface area contributed by atoms with Crippen LogP contribution >= 0.6 is 0 Å². The van der Waals surface area contributed by atoms with Crippen LogP contribution in [0, 0.1) is 0 Å². The van der Waals surface area contributed by atoms with E-state index in [1.54, 1.807) is 18.2 Å². The van der Waals surface area contributed by atoms with Gasteiger partial charge in [-0.2, -0.15) is 0 Å². The third-order valence-corrected chi connectivity index (χ3v) is 4.02. The Kier molecular flexibility index (Phi) is 7.74. The van der Waals surface area contributed by atoms with Gasteiger partial charge in [0, 0.05) is 5.56 Å². The number of ether oxygens (including phenoxy) is 4. The third kappa shape index (κ3) is 5.51. The van der Waals surface area contributed by atoms with Crippen molar-refractivity contribution in [2.45, 2.75) is 19.8 Å². The lowest BCUT2D eigenvalue weighted by Gasteiger charge is -2.13. The van der Waals surface area contributed by atoms with E-state index in [1.807, 2.05) is 24.3 Å². The molecule has 2 aromatic carbocycles. The monoisotopic (exact) mass is 370 g/mol. The minimum Gasteiger partial charge on any atom is -0.494 e. The topological polar surface area (TPSA) is 54.0 Å². The SMILES string of the molecule is CCCCOc1ccc(/C=C/C(=O)c2cc(OC)c(OC)c(OC)c2)cc1. The van der Waals surface area contributed by atoms with E-state index in [4.69, 9.17) is 18.9 Å². The molecular weight excluding hydrogens is 344 g/mol. The van der Waals surface area contributed by atoms with Crippen molar-refractivity contribution < 1.29 is 23.7 Å². The van der Waals surface area contributed by atoms with Crippen LogP contribution in [0.4, 0.5) is 0 Å². The molecule has 0 aliphatic heterocycles. The number of methoxy groups -OCH3 is 3. The van der Waals surface area contributed by atoms with Crippen molar-refractivity contribution in [1.29, 1.82) is 0 Å². The van der Waals surface area contributed by atoms with Gasteiger partial charge < -0.3 is 18.9 Å². The van der Waals surface area contributed by atoms with Gasteiger partial charge in [0.15, 0.2) is 17.3 Å². The van der Waals surface area contributed by atoms with Crippen LogP contribution < -0.4 is 18.9 Å². The van der Waals surface area contributed by atoms with Gasteiger partial charge in [-0.05, 0) is 42.3 Å². The average Bonchev–Trinajstić information content (AvgIpc) is 2.71. The summed E-state index contributed by atoms with van der Waals surface area (Å²) in [5.74, 6) is 2.03. The number of benzene rings is 2. The number of hydrogen-bond donors (Lipinski definition) is 0. The molecule has 0 aromatic heterocycles. The zero-order chi connectivity index (χ0) is 19.6. The Morgan fingerprint density at radius 2 is 1.59 bits per heavy atom. The first kappa shape index (κ1) is 20.4. The molecule has 0 atom stereocenters. The van der Waals surface area contributed by atoms with Gasteiger partial charge >= 0.3 is 0 Å². The van der Waals surface area contributed by atoms with Crippen LogP contribution in [0.3, 0.4) is 0 Å². The van der Waals surface area contributed by atoms with Crippen LogP contribution in [0.15, 0.2) is 42.5 Å². The van der Waals surface area contributed by atoms with E-state index in [1.165, 1.54) is 27.4 Å². The van der Waals surface area contributed by atoms with E-state index < -0.39 is 0 Å². The average molecular weight is 370 g/mol. The van der Waals surface area contributed by atoms with E-state index in [2.05, 4.69) is 6.92 Å². The Morgan fingerprint density at radius 3 is 2.11 bits per heavy atom. The molecular formula is C22H26O5. The van der Waals surface area contributed by atoms with Crippen LogP contribution in [0.1, 0.15) is 35.7 Å². The second-order valence-corrected chi connectivity index (χ2v) is 5.88. The van der Waals surface area contributed by atoms with Gasteiger partial charge in [-0.25, -0.2) is 0 Å². The number of carbonyl (C=O) groups is 1. The molecule has 0 amide bonds. The lowest BCUT2D eigenvalue weighted by molar-refractivity contribution is 0.104. The van der Waals surface area contributed by atoms with Crippen molar-refractivity contribution in [3.63, 3.8) is 0 Å². The molecule has 0 aliphatic rings. The predicted molar refractivity (Wildman–Crippen MR) is 106 cm³/mol. The van der Waals surface area contributed by atoms with Gasteiger partial charge in [-0.3, -0.25) is 4.79 Å². The maximum atomic E-state index is 12.5. The van der Waals surface area contributed by atoms with Gasteiger partial charge in [-0.1, -0.05) is 31.6 Å². The van der Waals surface area contributed by atoms with Crippen molar-refractivity contribution in [3.05, 3.63) is 53.6 Å². The molecule has 5 nitrogen and oxygen atoms in total. The molecule has 2 rings (SSSR count).